The summed E-state index contributed by atoms with van der Waals surface area (Å²) < 4.78 is 5.24. The van der Waals surface area contributed by atoms with Gasteiger partial charge in [0.15, 0.2) is 5.82 Å². The summed E-state index contributed by atoms with van der Waals surface area (Å²) in [5.74, 6) is 1.10. The molecule has 0 radical (unpaired) electrons. The number of aryl methyl sites for hydroxylation is 2. The van der Waals surface area contributed by atoms with Crippen LogP contribution in [0.1, 0.15) is 41.1 Å². The average Bonchev–Trinajstić information content (AvgIpc) is 3.16. The maximum Gasteiger partial charge on any atom is 0.232 e. The normalized spacial score (nSPS) is 16.8. The Balaban J connectivity index is 1.39. The lowest BCUT2D eigenvalue weighted by Gasteiger charge is -2.40. The molecular formula is C25H28ClN5O2. The van der Waals surface area contributed by atoms with Crippen LogP contribution in [0.4, 0.5) is 5.82 Å². The number of fused-ring (bicyclic) bond motifs is 1. The topological polar surface area (TPSA) is 84.3 Å². The number of hydrogen-bond acceptors (Lipinski definition) is 7. The third kappa shape index (κ3) is 3.93. The quantitative estimate of drug-likeness (QED) is 0.621. The van der Waals surface area contributed by atoms with Crippen molar-refractivity contribution in [1.29, 1.82) is 0 Å². The molecule has 0 atom stereocenters. The van der Waals surface area contributed by atoms with Gasteiger partial charge in [-0.3, -0.25) is 4.98 Å². The minimum Gasteiger partial charge on any atom is -0.480 e. The molecule has 1 aliphatic carbocycles. The Labute approximate surface area is 198 Å². The number of halogens is 1. The van der Waals surface area contributed by atoms with E-state index in [2.05, 4.69) is 27.9 Å². The van der Waals surface area contributed by atoms with Crippen molar-refractivity contribution in [2.45, 2.75) is 46.1 Å². The molecular weight excluding hydrogens is 438 g/mol. The summed E-state index contributed by atoms with van der Waals surface area (Å²) in [6.45, 7) is 5.61. The smallest absolute Gasteiger partial charge is 0.232 e. The van der Waals surface area contributed by atoms with Crippen LogP contribution in [0, 0.1) is 19.3 Å². The largest absolute Gasteiger partial charge is 0.480 e. The van der Waals surface area contributed by atoms with Crippen LogP contribution in [0.5, 0.6) is 5.88 Å². The van der Waals surface area contributed by atoms with Gasteiger partial charge in [0.25, 0.3) is 0 Å². The van der Waals surface area contributed by atoms with E-state index in [0.717, 1.165) is 50.3 Å². The number of aliphatic hydroxyl groups excluding tert-OH is 1. The Morgan fingerprint density at radius 3 is 2.67 bits per heavy atom. The molecule has 0 unspecified atom stereocenters. The van der Waals surface area contributed by atoms with Crippen molar-refractivity contribution in [2.24, 2.45) is 5.41 Å². The molecule has 0 saturated carbocycles. The molecule has 4 heterocycles. The zero-order chi connectivity index (χ0) is 23.2. The van der Waals surface area contributed by atoms with Crippen molar-refractivity contribution in [3.63, 3.8) is 0 Å². The monoisotopic (exact) mass is 465 g/mol. The summed E-state index contributed by atoms with van der Waals surface area (Å²) in [6, 6.07) is 4.08. The summed E-state index contributed by atoms with van der Waals surface area (Å²) in [7, 11) is 1.53. The van der Waals surface area contributed by atoms with E-state index in [1.165, 1.54) is 23.9 Å². The molecule has 0 aromatic carbocycles. The number of aliphatic hydroxyl groups is 1. The van der Waals surface area contributed by atoms with Gasteiger partial charge in [-0.15, -0.1) is 0 Å². The second-order valence-electron chi connectivity index (χ2n) is 9.23. The van der Waals surface area contributed by atoms with Gasteiger partial charge in [0.2, 0.25) is 5.88 Å². The van der Waals surface area contributed by atoms with E-state index in [1.807, 2.05) is 13.1 Å². The number of anilines is 1. The molecule has 1 N–H and O–H groups in total. The molecule has 2 aliphatic rings. The van der Waals surface area contributed by atoms with Gasteiger partial charge >= 0.3 is 0 Å². The van der Waals surface area contributed by atoms with E-state index in [9.17, 15) is 5.11 Å². The highest BCUT2D eigenvalue weighted by molar-refractivity contribution is 6.34. The van der Waals surface area contributed by atoms with E-state index in [4.69, 9.17) is 26.3 Å². The van der Waals surface area contributed by atoms with Gasteiger partial charge in [0, 0.05) is 36.7 Å². The lowest BCUT2D eigenvalue weighted by Crippen LogP contribution is -2.41. The van der Waals surface area contributed by atoms with Gasteiger partial charge in [0.05, 0.1) is 25.1 Å². The molecule has 172 valence electrons. The zero-order valence-electron chi connectivity index (χ0n) is 19.2. The number of piperidine rings is 1. The van der Waals surface area contributed by atoms with Crippen LogP contribution in [0.15, 0.2) is 24.5 Å². The molecule has 0 bridgehead atoms. The molecule has 7 nitrogen and oxygen atoms in total. The molecule has 3 aromatic rings. The fraction of sp³-hybridized carbons (Fsp3) is 0.440. The van der Waals surface area contributed by atoms with Crippen LogP contribution in [-0.2, 0) is 19.4 Å². The van der Waals surface area contributed by atoms with Gasteiger partial charge < -0.3 is 14.7 Å². The maximum atomic E-state index is 10.1. The van der Waals surface area contributed by atoms with Crippen LogP contribution < -0.4 is 9.64 Å². The number of hydrogen-bond donors (Lipinski definition) is 1. The standard InChI is InChI=1S/C25H28ClN5O2/c1-15-10-17-11-25(12-19(17)28-13-15)5-8-31(9-6-25)23-20(14-32)30-22(16(2)29-23)18-4-7-27-24(33-3)21(18)26/h4,7,10,13,32H,5-6,8-9,11-12,14H2,1-3H3. The van der Waals surface area contributed by atoms with E-state index in [0.29, 0.717) is 27.9 Å². The van der Waals surface area contributed by atoms with Crippen LogP contribution in [-0.4, -0.2) is 45.2 Å². The van der Waals surface area contributed by atoms with Crippen LogP contribution in [0.2, 0.25) is 5.02 Å². The fourth-order valence-corrected chi connectivity index (χ4v) is 5.52. The van der Waals surface area contributed by atoms with Crippen molar-refractivity contribution in [3.05, 3.63) is 57.8 Å². The zero-order valence-corrected chi connectivity index (χ0v) is 20.0. The maximum absolute atomic E-state index is 10.1. The first-order valence-electron chi connectivity index (χ1n) is 11.3. The highest BCUT2D eigenvalue weighted by atomic mass is 35.5. The highest BCUT2D eigenvalue weighted by Crippen LogP contribution is 2.45. The van der Waals surface area contributed by atoms with Gasteiger partial charge in [-0.2, -0.15) is 0 Å². The Morgan fingerprint density at radius 1 is 1.15 bits per heavy atom. The molecule has 0 amide bonds. The lowest BCUT2D eigenvalue weighted by molar-refractivity contribution is 0.230. The summed E-state index contributed by atoms with van der Waals surface area (Å²) >= 11 is 6.48. The van der Waals surface area contributed by atoms with Gasteiger partial charge in [-0.1, -0.05) is 17.7 Å². The van der Waals surface area contributed by atoms with Crippen molar-refractivity contribution in [2.75, 3.05) is 25.1 Å². The first-order valence-corrected chi connectivity index (χ1v) is 11.7. The number of ether oxygens (including phenoxy) is 1. The molecule has 1 spiro atoms. The molecule has 3 aromatic heterocycles. The predicted octanol–water partition coefficient (Wildman–Crippen LogP) is 4.09. The molecule has 1 aliphatic heterocycles. The van der Waals surface area contributed by atoms with Gasteiger partial charge in [-0.25, -0.2) is 15.0 Å². The molecule has 1 fully saturated rings. The SMILES string of the molecule is COc1nccc(-c2nc(CO)c(N3CCC4(CC3)Cc3cc(C)cnc3C4)nc2C)c1Cl. The second kappa shape index (κ2) is 8.54. The van der Waals surface area contributed by atoms with Crippen molar-refractivity contribution < 1.29 is 9.84 Å². The summed E-state index contributed by atoms with van der Waals surface area (Å²) in [5, 5.41) is 10.5. The Hall–Kier alpha value is -2.77. The van der Waals surface area contributed by atoms with Crippen LogP contribution in [0.25, 0.3) is 11.3 Å². The number of nitrogens with zero attached hydrogens (tertiary/aromatic N) is 5. The van der Waals surface area contributed by atoms with E-state index in [1.54, 1.807) is 12.3 Å². The summed E-state index contributed by atoms with van der Waals surface area (Å²) in [4.78, 5) is 20.7. The number of methoxy groups -OCH3 is 1. The lowest BCUT2D eigenvalue weighted by atomic mass is 9.76. The molecule has 5 rings (SSSR count). The molecule has 33 heavy (non-hydrogen) atoms. The minimum absolute atomic E-state index is 0.189. The predicted molar refractivity (Wildman–Crippen MR) is 128 cm³/mol. The fourth-order valence-electron chi connectivity index (χ4n) is 5.24. The van der Waals surface area contributed by atoms with E-state index < -0.39 is 0 Å². The number of rotatable bonds is 4. The Bertz CT molecular complexity index is 1210. The first kappa shape index (κ1) is 22.0. The van der Waals surface area contributed by atoms with Gasteiger partial charge in [-0.05, 0) is 62.1 Å². The third-order valence-corrected chi connectivity index (χ3v) is 7.37. The van der Waals surface area contributed by atoms with Crippen molar-refractivity contribution >= 4 is 17.4 Å². The molecule has 8 heteroatoms. The van der Waals surface area contributed by atoms with Gasteiger partial charge in [0.1, 0.15) is 10.7 Å². The third-order valence-electron chi connectivity index (χ3n) is 7.00. The second-order valence-corrected chi connectivity index (χ2v) is 9.60. The van der Waals surface area contributed by atoms with E-state index >= 15 is 0 Å². The Morgan fingerprint density at radius 2 is 1.94 bits per heavy atom. The van der Waals surface area contributed by atoms with Crippen molar-refractivity contribution in [3.8, 4) is 17.1 Å². The summed E-state index contributed by atoms with van der Waals surface area (Å²) in [5.41, 5.74) is 6.82. The highest BCUT2D eigenvalue weighted by Gasteiger charge is 2.41. The van der Waals surface area contributed by atoms with E-state index in [-0.39, 0.29) is 12.0 Å². The number of pyridine rings is 2. The Kier molecular flexibility index (Phi) is 5.70. The molecule has 1 saturated heterocycles. The van der Waals surface area contributed by atoms with Crippen LogP contribution in [0.3, 0.4) is 0 Å². The van der Waals surface area contributed by atoms with Crippen LogP contribution >= 0.6 is 11.6 Å². The minimum atomic E-state index is -0.189. The first-order chi connectivity index (χ1) is 15.9. The summed E-state index contributed by atoms with van der Waals surface area (Å²) in [6.07, 6.45) is 7.91. The average molecular weight is 466 g/mol. The number of aromatic nitrogens is 4. The van der Waals surface area contributed by atoms with Crippen molar-refractivity contribution in [1.82, 2.24) is 19.9 Å².